The maximum absolute atomic E-state index is 14.2. The highest BCUT2D eigenvalue weighted by Crippen LogP contribution is 2.32. The van der Waals surface area contributed by atoms with Gasteiger partial charge in [-0.3, -0.25) is 0 Å². The number of ether oxygens (including phenoxy) is 1. The highest BCUT2D eigenvalue weighted by molar-refractivity contribution is 6.33. The summed E-state index contributed by atoms with van der Waals surface area (Å²) >= 11 is 6.10. The Morgan fingerprint density at radius 2 is 1.93 bits per heavy atom. The third-order valence-corrected chi connectivity index (χ3v) is 5.07. The lowest BCUT2D eigenvalue weighted by atomic mass is 9.98. The van der Waals surface area contributed by atoms with E-state index in [2.05, 4.69) is 19.9 Å². The zero-order valence-electron chi connectivity index (χ0n) is 15.0. The zero-order valence-corrected chi connectivity index (χ0v) is 15.7. The molecule has 0 spiro atoms. The summed E-state index contributed by atoms with van der Waals surface area (Å²) in [6.45, 7) is 0. The summed E-state index contributed by atoms with van der Waals surface area (Å²) in [5.41, 5.74) is 1.18. The van der Waals surface area contributed by atoms with Gasteiger partial charge in [0, 0.05) is 18.0 Å². The molecule has 0 saturated heterocycles. The molecule has 0 atom stereocenters. The van der Waals surface area contributed by atoms with E-state index in [9.17, 15) is 9.65 Å². The molecule has 4 rings (SSSR count). The number of nitrogens with one attached hydrogen (secondary N) is 1. The Labute approximate surface area is 166 Å². The van der Waals surface area contributed by atoms with Gasteiger partial charge in [-0.05, 0) is 37.8 Å². The van der Waals surface area contributed by atoms with E-state index < -0.39 is 5.82 Å². The highest BCUT2D eigenvalue weighted by Gasteiger charge is 2.19. The molecule has 8 heteroatoms. The van der Waals surface area contributed by atoms with Crippen molar-refractivity contribution >= 4 is 11.6 Å². The van der Waals surface area contributed by atoms with Gasteiger partial charge in [-0.15, -0.1) is 0 Å². The van der Waals surface area contributed by atoms with Gasteiger partial charge in [0.25, 0.3) is 0 Å². The number of rotatable bonds is 4. The van der Waals surface area contributed by atoms with Crippen LogP contribution in [-0.2, 0) is 0 Å². The predicted molar refractivity (Wildman–Crippen MR) is 102 cm³/mol. The molecule has 1 fully saturated rings. The molecule has 0 radical (unpaired) electrons. The van der Waals surface area contributed by atoms with Gasteiger partial charge in [-0.2, -0.15) is 5.26 Å². The average Bonchev–Trinajstić information content (AvgIpc) is 3.13. The predicted octanol–water partition coefficient (Wildman–Crippen LogP) is 4.91. The van der Waals surface area contributed by atoms with Crippen molar-refractivity contribution < 1.29 is 9.13 Å². The van der Waals surface area contributed by atoms with Gasteiger partial charge in [0.2, 0.25) is 0 Å². The summed E-state index contributed by atoms with van der Waals surface area (Å²) in [7, 11) is 0. The van der Waals surface area contributed by atoms with Crippen molar-refractivity contribution in [3.8, 4) is 34.7 Å². The van der Waals surface area contributed by atoms with Gasteiger partial charge >= 0.3 is 6.01 Å². The lowest BCUT2D eigenvalue weighted by Crippen LogP contribution is -2.20. The van der Waals surface area contributed by atoms with Crippen LogP contribution in [0.1, 0.15) is 37.8 Å². The van der Waals surface area contributed by atoms with Crippen LogP contribution < -0.4 is 4.74 Å². The lowest BCUT2D eigenvalue weighted by Gasteiger charge is -2.21. The molecule has 3 aromatic rings. The summed E-state index contributed by atoms with van der Waals surface area (Å²) in [5.74, 6) is -0.345. The van der Waals surface area contributed by atoms with Crippen LogP contribution in [0.2, 0.25) is 5.02 Å². The molecular weight excluding hydrogens is 381 g/mol. The number of halogens is 2. The number of hydrogen-bond acceptors (Lipinski definition) is 5. The van der Waals surface area contributed by atoms with Gasteiger partial charge in [0.15, 0.2) is 5.69 Å². The summed E-state index contributed by atoms with van der Waals surface area (Å²) in [6, 6.07) is 6.68. The molecule has 2 aromatic heterocycles. The van der Waals surface area contributed by atoms with Crippen LogP contribution in [0.5, 0.6) is 6.01 Å². The molecule has 2 heterocycles. The molecule has 142 valence electrons. The number of hydrogen-bond donors (Lipinski definition) is 1. The Morgan fingerprint density at radius 3 is 2.61 bits per heavy atom. The van der Waals surface area contributed by atoms with E-state index in [0.717, 1.165) is 25.7 Å². The number of nitrogens with zero attached hydrogens (tertiary/aromatic N) is 4. The average molecular weight is 398 g/mol. The quantitative estimate of drug-likeness (QED) is 0.675. The molecule has 0 unspecified atom stereocenters. The van der Waals surface area contributed by atoms with Crippen molar-refractivity contribution in [3.05, 3.63) is 47.1 Å². The Kier molecular flexibility index (Phi) is 5.22. The van der Waals surface area contributed by atoms with Crippen LogP contribution in [0, 0.1) is 17.1 Å². The summed E-state index contributed by atoms with van der Waals surface area (Å²) in [4.78, 5) is 15.7. The second-order valence-electron chi connectivity index (χ2n) is 6.65. The minimum atomic E-state index is -0.523. The fourth-order valence-electron chi connectivity index (χ4n) is 3.34. The standard InChI is InChI=1S/C20H17ClFN5O/c21-14-7-4-8-15(22)17(14)19-26-16(9-23)18(27-19)12-10-24-20(25-11-12)28-13-5-2-1-3-6-13/h4,7-8,10-11,13H,1-3,5-6H2,(H,26,27). The molecule has 0 bridgehead atoms. The fourth-order valence-corrected chi connectivity index (χ4v) is 3.60. The molecule has 1 aliphatic rings. The number of benzene rings is 1. The van der Waals surface area contributed by atoms with E-state index in [1.807, 2.05) is 6.07 Å². The lowest BCUT2D eigenvalue weighted by molar-refractivity contribution is 0.142. The van der Waals surface area contributed by atoms with Crippen LogP contribution in [0.15, 0.2) is 30.6 Å². The van der Waals surface area contributed by atoms with E-state index >= 15 is 0 Å². The summed E-state index contributed by atoms with van der Waals surface area (Å²) in [5, 5.41) is 9.63. The molecule has 1 N–H and O–H groups in total. The van der Waals surface area contributed by atoms with Crippen LogP contribution in [0.25, 0.3) is 22.6 Å². The highest BCUT2D eigenvalue weighted by atomic mass is 35.5. The topological polar surface area (TPSA) is 87.5 Å². The fraction of sp³-hybridized carbons (Fsp3) is 0.300. The first kappa shape index (κ1) is 18.4. The van der Waals surface area contributed by atoms with Crippen LogP contribution in [0.3, 0.4) is 0 Å². The molecule has 6 nitrogen and oxygen atoms in total. The van der Waals surface area contributed by atoms with Crippen molar-refractivity contribution in [1.82, 2.24) is 19.9 Å². The monoisotopic (exact) mass is 397 g/mol. The number of nitriles is 1. The summed E-state index contributed by atoms with van der Waals surface area (Å²) < 4.78 is 20.0. The Bertz CT molecular complexity index is 1000. The van der Waals surface area contributed by atoms with Crippen molar-refractivity contribution in [1.29, 1.82) is 5.26 Å². The maximum Gasteiger partial charge on any atom is 0.316 e. The first-order valence-corrected chi connectivity index (χ1v) is 9.47. The zero-order chi connectivity index (χ0) is 19.5. The third kappa shape index (κ3) is 3.69. The molecule has 0 aliphatic heterocycles. The van der Waals surface area contributed by atoms with Gasteiger partial charge in [-0.1, -0.05) is 24.1 Å². The number of aromatic amines is 1. The number of H-pyrrole nitrogens is 1. The second kappa shape index (κ2) is 7.95. The number of imidazole rings is 1. The van der Waals surface area contributed by atoms with E-state index in [4.69, 9.17) is 16.3 Å². The minimum Gasteiger partial charge on any atom is -0.460 e. The van der Waals surface area contributed by atoms with Crippen molar-refractivity contribution in [2.75, 3.05) is 0 Å². The molecule has 1 aliphatic carbocycles. The van der Waals surface area contributed by atoms with Crippen LogP contribution in [0.4, 0.5) is 4.39 Å². The van der Waals surface area contributed by atoms with E-state index in [-0.39, 0.29) is 28.2 Å². The maximum atomic E-state index is 14.2. The van der Waals surface area contributed by atoms with E-state index in [1.165, 1.54) is 18.6 Å². The van der Waals surface area contributed by atoms with Crippen LogP contribution in [-0.4, -0.2) is 26.0 Å². The van der Waals surface area contributed by atoms with Crippen LogP contribution >= 0.6 is 11.6 Å². The van der Waals surface area contributed by atoms with Crippen molar-refractivity contribution in [3.63, 3.8) is 0 Å². The first-order chi connectivity index (χ1) is 13.7. The first-order valence-electron chi connectivity index (χ1n) is 9.09. The summed E-state index contributed by atoms with van der Waals surface area (Å²) in [6.07, 6.45) is 8.85. The van der Waals surface area contributed by atoms with Gasteiger partial charge < -0.3 is 9.72 Å². The van der Waals surface area contributed by atoms with Gasteiger partial charge in [0.1, 0.15) is 23.8 Å². The third-order valence-electron chi connectivity index (χ3n) is 4.75. The largest absolute Gasteiger partial charge is 0.460 e. The van der Waals surface area contributed by atoms with Gasteiger partial charge in [0.05, 0.1) is 16.3 Å². The molecule has 1 aromatic carbocycles. The van der Waals surface area contributed by atoms with E-state index in [0.29, 0.717) is 17.3 Å². The van der Waals surface area contributed by atoms with E-state index in [1.54, 1.807) is 18.5 Å². The Hall–Kier alpha value is -2.98. The normalized spacial score (nSPS) is 14.6. The molecule has 0 amide bonds. The SMILES string of the molecule is N#Cc1nc(-c2c(F)cccc2Cl)[nH]c1-c1cnc(OC2CCCCC2)nc1. The molecule has 28 heavy (non-hydrogen) atoms. The smallest absolute Gasteiger partial charge is 0.316 e. The molecular formula is C20H17ClFN5O. The number of aromatic nitrogens is 4. The minimum absolute atomic E-state index is 0.110. The Balaban J connectivity index is 1.62. The Morgan fingerprint density at radius 1 is 1.18 bits per heavy atom. The van der Waals surface area contributed by atoms with Gasteiger partial charge in [-0.25, -0.2) is 19.3 Å². The second-order valence-corrected chi connectivity index (χ2v) is 7.06. The van der Waals surface area contributed by atoms with Crippen molar-refractivity contribution in [2.45, 2.75) is 38.2 Å². The molecule has 1 saturated carbocycles. The van der Waals surface area contributed by atoms with Crippen molar-refractivity contribution in [2.24, 2.45) is 0 Å².